The molecule has 0 aliphatic carbocycles. The molecule has 0 heterocycles. The maximum atomic E-state index is 13.6. The minimum Gasteiger partial charge on any atom is -0.362 e. The molecule has 0 rings (SSSR count). The van der Waals surface area contributed by atoms with Crippen molar-refractivity contribution in [3.63, 3.8) is 0 Å². The highest BCUT2D eigenvalue weighted by Gasteiger charge is 2.24. The minimum absolute atomic E-state index is 0.217. The zero-order valence-corrected chi connectivity index (χ0v) is 14.5. The van der Waals surface area contributed by atoms with Gasteiger partial charge in [0.2, 0.25) is 11.7 Å². The molecule has 0 saturated carbocycles. The second-order valence-corrected chi connectivity index (χ2v) is 6.66. The first-order chi connectivity index (χ1) is 10.3. The summed E-state index contributed by atoms with van der Waals surface area (Å²) in [5.41, 5.74) is 0. The van der Waals surface area contributed by atoms with Crippen LogP contribution in [-0.2, 0) is 0 Å². The molecule has 0 aromatic carbocycles. The highest BCUT2D eigenvalue weighted by atomic mass is 19.2. The van der Waals surface area contributed by atoms with Gasteiger partial charge in [-0.3, -0.25) is 0 Å². The van der Waals surface area contributed by atoms with Crippen molar-refractivity contribution >= 4 is 0 Å². The van der Waals surface area contributed by atoms with Crippen LogP contribution in [0.1, 0.15) is 104 Å². The van der Waals surface area contributed by atoms with Gasteiger partial charge in [-0.05, 0) is 25.7 Å². The van der Waals surface area contributed by atoms with E-state index < -0.39 is 11.7 Å². The van der Waals surface area contributed by atoms with Crippen LogP contribution < -0.4 is 0 Å². The number of halogens is 2. The van der Waals surface area contributed by atoms with Crippen molar-refractivity contribution in [2.45, 2.75) is 115 Å². The molecule has 0 radical (unpaired) electrons. The Balaban J connectivity index is 3.47. The summed E-state index contributed by atoms with van der Waals surface area (Å²) in [6, 6.07) is 0. The summed E-state index contributed by atoms with van der Waals surface area (Å²) < 4.78 is 27.3. The van der Waals surface area contributed by atoms with E-state index in [2.05, 4.69) is 0 Å². The molecule has 0 amide bonds. The van der Waals surface area contributed by atoms with E-state index in [4.69, 9.17) is 0 Å². The van der Waals surface area contributed by atoms with E-state index in [9.17, 15) is 19.0 Å². The second-order valence-electron chi connectivity index (χ2n) is 6.66. The van der Waals surface area contributed by atoms with Gasteiger partial charge in [0.25, 0.3) is 0 Å². The lowest BCUT2D eigenvalue weighted by Crippen LogP contribution is -2.21. The molecule has 0 aromatic rings. The number of rotatable bonds is 15. The van der Waals surface area contributed by atoms with E-state index >= 15 is 0 Å². The molecule has 2 nitrogen and oxygen atoms in total. The molecule has 0 bridgehead atoms. The van der Waals surface area contributed by atoms with Crippen LogP contribution in [0.2, 0.25) is 0 Å². The molecule has 2 atom stereocenters. The van der Waals surface area contributed by atoms with Crippen LogP contribution in [0.25, 0.3) is 0 Å². The quantitative estimate of drug-likeness (QED) is 0.374. The van der Waals surface area contributed by atoms with E-state index in [0.717, 1.165) is 51.4 Å². The van der Waals surface area contributed by atoms with Crippen LogP contribution in [0.4, 0.5) is 8.78 Å². The largest absolute Gasteiger partial charge is 0.362 e. The Morgan fingerprint density at radius 1 is 0.545 bits per heavy atom. The fraction of sp³-hybridized carbons (Fsp3) is 1.00. The topological polar surface area (TPSA) is 40.5 Å². The van der Waals surface area contributed by atoms with Gasteiger partial charge in [-0.2, -0.15) is 0 Å². The lowest BCUT2D eigenvalue weighted by Gasteiger charge is -2.19. The Morgan fingerprint density at radius 2 is 0.818 bits per heavy atom. The first-order valence-electron chi connectivity index (χ1n) is 9.15. The highest BCUT2D eigenvalue weighted by Crippen LogP contribution is 2.25. The monoisotopic (exact) mass is 322 g/mol. The van der Waals surface area contributed by atoms with Crippen LogP contribution in [0.15, 0.2) is 0 Å². The van der Waals surface area contributed by atoms with Crippen molar-refractivity contribution in [1.29, 1.82) is 0 Å². The van der Waals surface area contributed by atoms with E-state index in [0.29, 0.717) is 12.8 Å². The number of hydrogen-bond donors (Lipinski definition) is 2. The maximum absolute atomic E-state index is 13.6. The minimum atomic E-state index is -2.00. The van der Waals surface area contributed by atoms with Crippen molar-refractivity contribution in [2.75, 3.05) is 0 Å². The van der Waals surface area contributed by atoms with Gasteiger partial charge in [-0.25, -0.2) is 8.78 Å². The summed E-state index contributed by atoms with van der Waals surface area (Å²) in [6.45, 7) is 3.97. The summed E-state index contributed by atoms with van der Waals surface area (Å²) in [6.07, 6.45) is 9.26. The summed E-state index contributed by atoms with van der Waals surface area (Å²) in [5, 5.41) is 19.0. The van der Waals surface area contributed by atoms with Gasteiger partial charge in [0.15, 0.2) is 0 Å². The zero-order valence-electron chi connectivity index (χ0n) is 14.5. The fourth-order valence-electron chi connectivity index (χ4n) is 2.64. The molecular weight excluding hydrogens is 286 g/mol. The number of aliphatic hydroxyl groups is 2. The van der Waals surface area contributed by atoms with Crippen LogP contribution in [-0.4, -0.2) is 21.9 Å². The maximum Gasteiger partial charge on any atom is 0.206 e. The van der Waals surface area contributed by atoms with Gasteiger partial charge in [0.1, 0.15) is 0 Å². The third-order valence-electron chi connectivity index (χ3n) is 4.20. The predicted octanol–water partition coefficient (Wildman–Crippen LogP) is 5.80. The summed E-state index contributed by atoms with van der Waals surface area (Å²) in [5.74, 6) is -4.00. The standard InChI is InChI=1S/C18H36F2O2/c1-3-5-13-17(19,21)15-11-9-7-8-10-12-16-18(20,22)14-6-4-2/h21-22H,3-16H2,1-2H3. The second kappa shape index (κ2) is 12.2. The first kappa shape index (κ1) is 21.8. The molecule has 22 heavy (non-hydrogen) atoms. The van der Waals surface area contributed by atoms with Crippen molar-refractivity contribution in [3.8, 4) is 0 Å². The number of unbranched alkanes of at least 4 members (excludes halogenated alkanes) is 7. The Kier molecular flexibility index (Phi) is 12.1. The third-order valence-corrected chi connectivity index (χ3v) is 4.20. The number of hydrogen-bond acceptors (Lipinski definition) is 2. The summed E-state index contributed by atoms with van der Waals surface area (Å²) >= 11 is 0. The van der Waals surface area contributed by atoms with Crippen LogP contribution in [0.3, 0.4) is 0 Å². The van der Waals surface area contributed by atoms with Crippen molar-refractivity contribution < 1.29 is 19.0 Å². The van der Waals surface area contributed by atoms with Crippen LogP contribution in [0.5, 0.6) is 0 Å². The first-order valence-corrected chi connectivity index (χ1v) is 9.15. The van der Waals surface area contributed by atoms with Crippen molar-refractivity contribution in [1.82, 2.24) is 0 Å². The molecule has 0 aromatic heterocycles. The molecule has 4 heteroatoms. The number of alkyl halides is 2. The van der Waals surface area contributed by atoms with Crippen molar-refractivity contribution in [2.24, 2.45) is 0 Å². The van der Waals surface area contributed by atoms with E-state index in [1.807, 2.05) is 13.8 Å². The average Bonchev–Trinajstić information content (AvgIpc) is 2.46. The SMILES string of the molecule is CCCCC(O)(F)CCCCCCCCC(O)(F)CCCC. The van der Waals surface area contributed by atoms with Crippen LogP contribution in [0, 0.1) is 0 Å². The van der Waals surface area contributed by atoms with Crippen LogP contribution >= 0.6 is 0 Å². The Morgan fingerprint density at radius 3 is 1.14 bits per heavy atom. The van der Waals surface area contributed by atoms with Gasteiger partial charge < -0.3 is 10.2 Å². The van der Waals surface area contributed by atoms with E-state index in [-0.39, 0.29) is 25.7 Å². The Hall–Kier alpha value is -0.220. The Bertz CT molecular complexity index is 229. The summed E-state index contributed by atoms with van der Waals surface area (Å²) in [7, 11) is 0. The van der Waals surface area contributed by atoms with E-state index in [1.54, 1.807) is 0 Å². The molecule has 0 saturated heterocycles. The molecule has 134 valence electrons. The van der Waals surface area contributed by atoms with Gasteiger partial charge in [-0.1, -0.05) is 52.4 Å². The van der Waals surface area contributed by atoms with E-state index in [1.165, 1.54) is 0 Å². The van der Waals surface area contributed by atoms with Gasteiger partial charge >= 0.3 is 0 Å². The molecule has 2 unspecified atom stereocenters. The lowest BCUT2D eigenvalue weighted by molar-refractivity contribution is -0.104. The normalized spacial score (nSPS) is 17.2. The molecule has 0 spiro atoms. The molecule has 0 aliphatic rings. The zero-order chi connectivity index (χ0) is 16.9. The van der Waals surface area contributed by atoms with Crippen molar-refractivity contribution in [3.05, 3.63) is 0 Å². The molecule has 2 N–H and O–H groups in total. The average molecular weight is 322 g/mol. The van der Waals surface area contributed by atoms with Gasteiger partial charge in [-0.15, -0.1) is 0 Å². The van der Waals surface area contributed by atoms with Gasteiger partial charge in [0.05, 0.1) is 0 Å². The molecular formula is C18H36F2O2. The smallest absolute Gasteiger partial charge is 0.206 e. The Labute approximate surface area is 135 Å². The summed E-state index contributed by atoms with van der Waals surface area (Å²) in [4.78, 5) is 0. The third kappa shape index (κ3) is 13.4. The highest BCUT2D eigenvalue weighted by molar-refractivity contribution is 4.66. The molecule has 0 fully saturated rings. The predicted molar refractivity (Wildman–Crippen MR) is 88.1 cm³/mol. The molecule has 0 aliphatic heterocycles. The lowest BCUT2D eigenvalue weighted by atomic mass is 10.00. The van der Waals surface area contributed by atoms with Gasteiger partial charge in [0, 0.05) is 25.7 Å². The fourth-order valence-corrected chi connectivity index (χ4v) is 2.64.